The standard InChI is InChI=1S/C11H10BrN3/c1-7-3-2-4-8(5-7)10-9(12)6-14-11(13)15-10/h2-6H,1H3,(H2,13,14,15). The molecule has 0 radical (unpaired) electrons. The lowest BCUT2D eigenvalue weighted by atomic mass is 10.1. The Bertz CT molecular complexity index is 497. The van der Waals surface area contributed by atoms with Crippen molar-refractivity contribution in [2.24, 2.45) is 0 Å². The lowest BCUT2D eigenvalue weighted by molar-refractivity contribution is 1.17. The first-order valence-corrected chi connectivity index (χ1v) is 5.31. The fourth-order valence-corrected chi connectivity index (χ4v) is 1.80. The maximum atomic E-state index is 5.56. The fourth-order valence-electron chi connectivity index (χ4n) is 1.38. The van der Waals surface area contributed by atoms with E-state index in [1.807, 2.05) is 25.1 Å². The number of hydrogen-bond donors (Lipinski definition) is 1. The minimum Gasteiger partial charge on any atom is -0.368 e. The number of aromatic nitrogens is 2. The number of anilines is 1. The molecule has 0 spiro atoms. The Balaban J connectivity index is 2.58. The van der Waals surface area contributed by atoms with Gasteiger partial charge in [0.2, 0.25) is 5.95 Å². The topological polar surface area (TPSA) is 51.8 Å². The number of aryl methyl sites for hydroxylation is 1. The van der Waals surface area contributed by atoms with Crippen LogP contribution in [0, 0.1) is 6.92 Å². The van der Waals surface area contributed by atoms with Crippen molar-refractivity contribution in [2.45, 2.75) is 6.92 Å². The van der Waals surface area contributed by atoms with E-state index in [0.29, 0.717) is 0 Å². The zero-order valence-corrected chi connectivity index (χ0v) is 9.82. The average Bonchev–Trinajstić information content (AvgIpc) is 2.22. The van der Waals surface area contributed by atoms with E-state index in [1.54, 1.807) is 6.20 Å². The van der Waals surface area contributed by atoms with Crippen LogP contribution in [-0.2, 0) is 0 Å². The second-order valence-electron chi connectivity index (χ2n) is 3.29. The van der Waals surface area contributed by atoms with Crippen molar-refractivity contribution >= 4 is 21.9 Å². The normalized spacial score (nSPS) is 10.3. The molecule has 0 amide bonds. The minimum absolute atomic E-state index is 0.287. The van der Waals surface area contributed by atoms with Gasteiger partial charge in [0.25, 0.3) is 0 Å². The number of nitrogens with zero attached hydrogens (tertiary/aromatic N) is 2. The number of hydrogen-bond acceptors (Lipinski definition) is 3. The Morgan fingerprint density at radius 1 is 1.33 bits per heavy atom. The zero-order valence-electron chi connectivity index (χ0n) is 8.24. The van der Waals surface area contributed by atoms with E-state index in [4.69, 9.17) is 5.73 Å². The SMILES string of the molecule is Cc1cccc(-c2nc(N)ncc2Br)c1. The van der Waals surface area contributed by atoms with Gasteiger partial charge in [-0.05, 0) is 28.9 Å². The van der Waals surface area contributed by atoms with Gasteiger partial charge in [-0.2, -0.15) is 0 Å². The predicted octanol–water partition coefficient (Wildman–Crippen LogP) is 2.80. The van der Waals surface area contributed by atoms with Crippen molar-refractivity contribution in [1.82, 2.24) is 9.97 Å². The van der Waals surface area contributed by atoms with Gasteiger partial charge < -0.3 is 5.73 Å². The van der Waals surface area contributed by atoms with Gasteiger partial charge in [-0.3, -0.25) is 0 Å². The molecule has 1 aromatic heterocycles. The summed E-state index contributed by atoms with van der Waals surface area (Å²) in [5.74, 6) is 0.287. The van der Waals surface area contributed by atoms with E-state index in [9.17, 15) is 0 Å². The molecule has 1 heterocycles. The van der Waals surface area contributed by atoms with Crippen molar-refractivity contribution < 1.29 is 0 Å². The Hall–Kier alpha value is -1.42. The van der Waals surface area contributed by atoms with Gasteiger partial charge in [0.15, 0.2) is 0 Å². The highest BCUT2D eigenvalue weighted by Gasteiger charge is 2.05. The first-order valence-electron chi connectivity index (χ1n) is 4.52. The molecule has 0 aliphatic carbocycles. The summed E-state index contributed by atoms with van der Waals surface area (Å²) in [6, 6.07) is 8.10. The first kappa shape index (κ1) is 10.1. The highest BCUT2D eigenvalue weighted by atomic mass is 79.9. The van der Waals surface area contributed by atoms with Crippen molar-refractivity contribution in [1.29, 1.82) is 0 Å². The molecule has 1 aromatic carbocycles. The number of benzene rings is 1. The van der Waals surface area contributed by atoms with E-state index >= 15 is 0 Å². The molecule has 2 rings (SSSR count). The molecule has 0 aliphatic rings. The molecule has 0 aliphatic heterocycles. The largest absolute Gasteiger partial charge is 0.368 e. The minimum atomic E-state index is 0.287. The molecular formula is C11H10BrN3. The van der Waals surface area contributed by atoms with Gasteiger partial charge in [-0.25, -0.2) is 9.97 Å². The van der Waals surface area contributed by atoms with Crippen LogP contribution in [-0.4, -0.2) is 9.97 Å². The maximum absolute atomic E-state index is 5.56. The number of halogens is 1. The van der Waals surface area contributed by atoms with E-state index in [1.165, 1.54) is 5.56 Å². The highest BCUT2D eigenvalue weighted by molar-refractivity contribution is 9.10. The summed E-state index contributed by atoms with van der Waals surface area (Å²) in [5.41, 5.74) is 8.61. The number of nitrogen functional groups attached to an aromatic ring is 1. The summed E-state index contributed by atoms with van der Waals surface area (Å²) in [6.45, 7) is 2.04. The third-order valence-electron chi connectivity index (χ3n) is 2.05. The fraction of sp³-hybridized carbons (Fsp3) is 0.0909. The zero-order chi connectivity index (χ0) is 10.8. The lowest BCUT2D eigenvalue weighted by Gasteiger charge is -2.04. The van der Waals surface area contributed by atoms with Crippen LogP contribution in [0.5, 0.6) is 0 Å². The molecule has 15 heavy (non-hydrogen) atoms. The Morgan fingerprint density at radius 3 is 2.87 bits per heavy atom. The summed E-state index contributed by atoms with van der Waals surface area (Å²) in [4.78, 5) is 8.11. The summed E-state index contributed by atoms with van der Waals surface area (Å²) >= 11 is 3.41. The van der Waals surface area contributed by atoms with Gasteiger partial charge in [0.1, 0.15) is 0 Å². The molecule has 0 saturated heterocycles. The van der Waals surface area contributed by atoms with E-state index in [2.05, 4.69) is 32.0 Å². The summed E-state index contributed by atoms with van der Waals surface area (Å²) < 4.78 is 0.849. The summed E-state index contributed by atoms with van der Waals surface area (Å²) in [6.07, 6.45) is 1.67. The second-order valence-corrected chi connectivity index (χ2v) is 4.15. The van der Waals surface area contributed by atoms with Gasteiger partial charge in [0.05, 0.1) is 10.2 Å². The van der Waals surface area contributed by atoms with Crippen molar-refractivity contribution in [3.05, 3.63) is 40.5 Å². The van der Waals surface area contributed by atoms with Crippen molar-refractivity contribution in [3.63, 3.8) is 0 Å². The predicted molar refractivity (Wildman–Crippen MR) is 64.3 cm³/mol. The smallest absolute Gasteiger partial charge is 0.220 e. The lowest BCUT2D eigenvalue weighted by Crippen LogP contribution is -1.96. The third-order valence-corrected chi connectivity index (χ3v) is 2.63. The Morgan fingerprint density at radius 2 is 2.13 bits per heavy atom. The molecular weight excluding hydrogens is 254 g/mol. The van der Waals surface area contributed by atoms with Crippen LogP contribution in [0.25, 0.3) is 11.3 Å². The van der Waals surface area contributed by atoms with Gasteiger partial charge in [-0.15, -0.1) is 0 Å². The van der Waals surface area contributed by atoms with Crippen LogP contribution < -0.4 is 5.73 Å². The maximum Gasteiger partial charge on any atom is 0.220 e. The van der Waals surface area contributed by atoms with Crippen molar-refractivity contribution in [3.8, 4) is 11.3 Å². The third kappa shape index (κ3) is 2.15. The monoisotopic (exact) mass is 263 g/mol. The van der Waals surface area contributed by atoms with Crippen LogP contribution in [0.2, 0.25) is 0 Å². The van der Waals surface area contributed by atoms with Crippen LogP contribution in [0.15, 0.2) is 34.9 Å². The van der Waals surface area contributed by atoms with Gasteiger partial charge in [-0.1, -0.05) is 23.8 Å². The molecule has 0 bridgehead atoms. The van der Waals surface area contributed by atoms with Crippen molar-refractivity contribution in [2.75, 3.05) is 5.73 Å². The van der Waals surface area contributed by atoms with E-state index < -0.39 is 0 Å². The molecule has 76 valence electrons. The number of rotatable bonds is 1. The Labute approximate surface area is 96.5 Å². The molecule has 2 N–H and O–H groups in total. The summed E-state index contributed by atoms with van der Waals surface area (Å²) in [7, 11) is 0. The van der Waals surface area contributed by atoms with E-state index in [-0.39, 0.29) is 5.95 Å². The number of nitrogens with two attached hydrogens (primary N) is 1. The van der Waals surface area contributed by atoms with Crippen LogP contribution in [0.1, 0.15) is 5.56 Å². The quantitative estimate of drug-likeness (QED) is 0.861. The molecule has 3 nitrogen and oxygen atoms in total. The summed E-state index contributed by atoms with van der Waals surface area (Å²) in [5, 5.41) is 0. The Kier molecular flexibility index (Phi) is 2.68. The molecule has 0 atom stereocenters. The average molecular weight is 264 g/mol. The molecule has 0 saturated carbocycles. The molecule has 2 aromatic rings. The highest BCUT2D eigenvalue weighted by Crippen LogP contribution is 2.26. The van der Waals surface area contributed by atoms with Gasteiger partial charge in [0, 0.05) is 11.8 Å². The van der Waals surface area contributed by atoms with Crippen LogP contribution >= 0.6 is 15.9 Å². The van der Waals surface area contributed by atoms with Gasteiger partial charge >= 0.3 is 0 Å². The second kappa shape index (κ2) is 3.98. The van der Waals surface area contributed by atoms with Crippen LogP contribution in [0.3, 0.4) is 0 Å². The van der Waals surface area contributed by atoms with E-state index in [0.717, 1.165) is 15.7 Å². The first-order chi connectivity index (χ1) is 7.16. The van der Waals surface area contributed by atoms with Crippen LogP contribution in [0.4, 0.5) is 5.95 Å². The molecule has 0 unspecified atom stereocenters. The molecule has 0 fully saturated rings. The molecule has 4 heteroatoms.